The number of hydrogen-bond donors (Lipinski definition) is 1. The minimum Gasteiger partial charge on any atom is -0.453 e. The van der Waals surface area contributed by atoms with Crippen LogP contribution in [0, 0.1) is 5.82 Å². The first-order valence-electron chi connectivity index (χ1n) is 5.71. The zero-order valence-corrected chi connectivity index (χ0v) is 11.5. The van der Waals surface area contributed by atoms with E-state index in [4.69, 9.17) is 33.7 Å². The fourth-order valence-corrected chi connectivity index (χ4v) is 1.94. The molecule has 0 bridgehead atoms. The average Bonchev–Trinajstić information content (AvgIpc) is 2.37. The van der Waals surface area contributed by atoms with Crippen LogP contribution in [0.5, 0.6) is 11.5 Å². The van der Waals surface area contributed by atoms with Crippen molar-refractivity contribution >= 4 is 23.2 Å². The van der Waals surface area contributed by atoms with E-state index in [1.54, 1.807) is 24.3 Å². The third kappa shape index (κ3) is 3.60. The van der Waals surface area contributed by atoms with Crippen LogP contribution in [0.4, 0.5) is 4.39 Å². The molecule has 0 aromatic heterocycles. The van der Waals surface area contributed by atoms with E-state index < -0.39 is 5.82 Å². The SMILES string of the molecule is NCCc1ccc(Oc2cc(Cl)ccc2Cl)c(F)c1. The maximum atomic E-state index is 13.8. The largest absolute Gasteiger partial charge is 0.453 e. The predicted octanol–water partition coefficient (Wildman–Crippen LogP) is 4.43. The van der Waals surface area contributed by atoms with Gasteiger partial charge in [-0.15, -0.1) is 0 Å². The van der Waals surface area contributed by atoms with Gasteiger partial charge in [0.2, 0.25) is 0 Å². The topological polar surface area (TPSA) is 35.2 Å². The number of nitrogens with two attached hydrogens (primary N) is 1. The Labute approximate surface area is 120 Å². The minimum absolute atomic E-state index is 0.102. The van der Waals surface area contributed by atoms with Crippen LogP contribution in [-0.2, 0) is 6.42 Å². The molecule has 0 aliphatic rings. The molecule has 100 valence electrons. The van der Waals surface area contributed by atoms with E-state index >= 15 is 0 Å². The Balaban J connectivity index is 2.25. The summed E-state index contributed by atoms with van der Waals surface area (Å²) in [4.78, 5) is 0. The van der Waals surface area contributed by atoms with Crippen LogP contribution >= 0.6 is 23.2 Å². The van der Waals surface area contributed by atoms with Crippen molar-refractivity contribution in [1.82, 2.24) is 0 Å². The van der Waals surface area contributed by atoms with Crippen LogP contribution in [0.2, 0.25) is 10.0 Å². The van der Waals surface area contributed by atoms with Crippen LogP contribution < -0.4 is 10.5 Å². The van der Waals surface area contributed by atoms with Crippen LogP contribution in [0.3, 0.4) is 0 Å². The van der Waals surface area contributed by atoms with Gasteiger partial charge < -0.3 is 10.5 Å². The van der Waals surface area contributed by atoms with Gasteiger partial charge >= 0.3 is 0 Å². The fraction of sp³-hybridized carbons (Fsp3) is 0.143. The molecule has 2 N–H and O–H groups in total. The Morgan fingerprint density at radius 3 is 2.53 bits per heavy atom. The molecular formula is C14H12Cl2FNO. The van der Waals surface area contributed by atoms with Gasteiger partial charge in [0.25, 0.3) is 0 Å². The second-order valence-electron chi connectivity index (χ2n) is 3.98. The lowest BCUT2D eigenvalue weighted by Crippen LogP contribution is -2.03. The van der Waals surface area contributed by atoms with Gasteiger partial charge in [0.1, 0.15) is 5.75 Å². The number of halogens is 3. The van der Waals surface area contributed by atoms with Crippen molar-refractivity contribution in [2.45, 2.75) is 6.42 Å². The summed E-state index contributed by atoms with van der Waals surface area (Å²) in [6.45, 7) is 0.472. The molecule has 0 heterocycles. The van der Waals surface area contributed by atoms with E-state index in [1.165, 1.54) is 12.1 Å². The van der Waals surface area contributed by atoms with Gasteiger partial charge in [-0.05, 0) is 42.8 Å². The molecule has 0 aliphatic carbocycles. The van der Waals surface area contributed by atoms with E-state index in [0.717, 1.165) is 5.56 Å². The molecular weight excluding hydrogens is 288 g/mol. The number of benzene rings is 2. The van der Waals surface area contributed by atoms with E-state index in [-0.39, 0.29) is 5.75 Å². The Kier molecular flexibility index (Phi) is 4.64. The molecule has 0 fully saturated rings. The molecule has 0 radical (unpaired) electrons. The van der Waals surface area contributed by atoms with E-state index in [1.807, 2.05) is 0 Å². The second-order valence-corrected chi connectivity index (χ2v) is 4.82. The lowest BCUT2D eigenvalue weighted by molar-refractivity contribution is 0.442. The van der Waals surface area contributed by atoms with Crippen molar-refractivity contribution in [3.05, 3.63) is 57.8 Å². The molecule has 5 heteroatoms. The summed E-state index contributed by atoms with van der Waals surface area (Å²) in [6.07, 6.45) is 0.620. The number of ether oxygens (including phenoxy) is 1. The minimum atomic E-state index is -0.456. The first-order valence-corrected chi connectivity index (χ1v) is 6.47. The molecule has 0 atom stereocenters. The Morgan fingerprint density at radius 2 is 1.84 bits per heavy atom. The third-order valence-electron chi connectivity index (χ3n) is 2.54. The molecule has 2 nitrogen and oxygen atoms in total. The van der Waals surface area contributed by atoms with Crippen molar-refractivity contribution < 1.29 is 9.13 Å². The molecule has 0 amide bonds. The molecule has 2 aromatic carbocycles. The molecule has 0 saturated heterocycles. The van der Waals surface area contributed by atoms with Gasteiger partial charge in [0.05, 0.1) is 5.02 Å². The first-order chi connectivity index (χ1) is 9.10. The van der Waals surface area contributed by atoms with E-state index in [9.17, 15) is 4.39 Å². The lowest BCUT2D eigenvalue weighted by Gasteiger charge is -2.10. The monoisotopic (exact) mass is 299 g/mol. The summed E-state index contributed by atoms with van der Waals surface area (Å²) in [5.74, 6) is -0.0356. The highest BCUT2D eigenvalue weighted by Crippen LogP contribution is 2.33. The van der Waals surface area contributed by atoms with Crippen molar-refractivity contribution in [3.8, 4) is 11.5 Å². The zero-order chi connectivity index (χ0) is 13.8. The highest BCUT2D eigenvalue weighted by Gasteiger charge is 2.09. The smallest absolute Gasteiger partial charge is 0.165 e. The van der Waals surface area contributed by atoms with Gasteiger partial charge in [0.15, 0.2) is 11.6 Å². The van der Waals surface area contributed by atoms with Crippen LogP contribution in [0.25, 0.3) is 0 Å². The lowest BCUT2D eigenvalue weighted by atomic mass is 10.1. The normalized spacial score (nSPS) is 10.5. The van der Waals surface area contributed by atoms with Crippen molar-refractivity contribution in [2.75, 3.05) is 6.54 Å². The second kappa shape index (κ2) is 6.24. The molecule has 0 unspecified atom stereocenters. The molecule has 0 aliphatic heterocycles. The summed E-state index contributed by atoms with van der Waals surface area (Å²) in [5, 5.41) is 0.842. The maximum absolute atomic E-state index is 13.8. The van der Waals surface area contributed by atoms with Crippen LogP contribution in [-0.4, -0.2) is 6.54 Å². The maximum Gasteiger partial charge on any atom is 0.165 e. The fourth-order valence-electron chi connectivity index (χ4n) is 1.62. The van der Waals surface area contributed by atoms with Gasteiger partial charge in [-0.1, -0.05) is 29.3 Å². The molecule has 2 rings (SSSR count). The van der Waals surface area contributed by atoms with Gasteiger partial charge in [0, 0.05) is 11.1 Å². The van der Waals surface area contributed by atoms with Crippen LogP contribution in [0.15, 0.2) is 36.4 Å². The quantitative estimate of drug-likeness (QED) is 0.906. The van der Waals surface area contributed by atoms with E-state index in [2.05, 4.69) is 0 Å². The summed E-state index contributed by atoms with van der Waals surface area (Å²) in [6, 6.07) is 9.50. The zero-order valence-electron chi connectivity index (χ0n) is 10.00. The van der Waals surface area contributed by atoms with E-state index in [0.29, 0.717) is 28.8 Å². The summed E-state index contributed by atoms with van der Waals surface area (Å²) in [7, 11) is 0. The highest BCUT2D eigenvalue weighted by atomic mass is 35.5. The Morgan fingerprint density at radius 1 is 1.05 bits per heavy atom. The number of rotatable bonds is 4. The Hall–Kier alpha value is -1.29. The summed E-state index contributed by atoms with van der Waals surface area (Å²) >= 11 is 11.8. The molecule has 0 spiro atoms. The van der Waals surface area contributed by atoms with Crippen molar-refractivity contribution in [2.24, 2.45) is 5.73 Å². The highest BCUT2D eigenvalue weighted by molar-refractivity contribution is 6.34. The van der Waals surface area contributed by atoms with Gasteiger partial charge in [-0.3, -0.25) is 0 Å². The third-order valence-corrected chi connectivity index (χ3v) is 3.09. The summed E-state index contributed by atoms with van der Waals surface area (Å²) in [5.41, 5.74) is 6.25. The van der Waals surface area contributed by atoms with Gasteiger partial charge in [-0.2, -0.15) is 0 Å². The standard InChI is InChI=1S/C14H12Cl2FNO/c15-10-2-3-11(16)14(8-10)19-13-4-1-9(5-6-18)7-12(13)17/h1-4,7-8H,5-6,18H2. The number of hydrogen-bond acceptors (Lipinski definition) is 2. The molecule has 0 saturated carbocycles. The average molecular weight is 300 g/mol. The van der Waals surface area contributed by atoms with Crippen molar-refractivity contribution in [3.63, 3.8) is 0 Å². The molecule has 19 heavy (non-hydrogen) atoms. The summed E-state index contributed by atoms with van der Waals surface area (Å²) < 4.78 is 19.3. The molecule has 2 aromatic rings. The van der Waals surface area contributed by atoms with Gasteiger partial charge in [-0.25, -0.2) is 4.39 Å². The Bertz CT molecular complexity index is 590. The van der Waals surface area contributed by atoms with Crippen LogP contribution in [0.1, 0.15) is 5.56 Å². The van der Waals surface area contributed by atoms with Crippen molar-refractivity contribution in [1.29, 1.82) is 0 Å². The first kappa shape index (κ1) is 14.1. The predicted molar refractivity (Wildman–Crippen MR) is 75.7 cm³/mol.